The summed E-state index contributed by atoms with van der Waals surface area (Å²) in [7, 11) is 0. The Morgan fingerprint density at radius 1 is 1.12 bits per heavy atom. The first-order chi connectivity index (χ1) is 12.7. The minimum Gasteiger partial charge on any atom is -0.423 e. The second kappa shape index (κ2) is 7.17. The minimum absolute atomic E-state index is 0.140. The van der Waals surface area contributed by atoms with Crippen LogP contribution in [0.4, 0.5) is 6.01 Å². The number of oxazole rings is 1. The van der Waals surface area contributed by atoms with Gasteiger partial charge in [0.1, 0.15) is 5.52 Å². The number of carbonyl (C=O) groups excluding carboxylic acids is 2. The molecule has 0 spiro atoms. The van der Waals surface area contributed by atoms with Gasteiger partial charge in [0.05, 0.1) is 4.88 Å². The number of anilines is 1. The van der Waals surface area contributed by atoms with Crippen LogP contribution in [0.5, 0.6) is 0 Å². The molecule has 0 aliphatic carbocycles. The molecule has 1 aromatic carbocycles. The van der Waals surface area contributed by atoms with Crippen molar-refractivity contribution in [2.75, 3.05) is 18.0 Å². The Kier molecular flexibility index (Phi) is 4.57. The monoisotopic (exact) mass is 370 g/mol. The lowest BCUT2D eigenvalue weighted by molar-refractivity contribution is -0.126. The predicted octanol–water partition coefficient (Wildman–Crippen LogP) is 2.57. The Hall–Kier alpha value is -2.87. The number of amides is 2. The lowest BCUT2D eigenvalue weighted by Crippen LogP contribution is -2.47. The normalized spacial score (nSPS) is 15.2. The second-order valence-electron chi connectivity index (χ2n) is 6.15. The van der Waals surface area contributed by atoms with Crippen molar-refractivity contribution in [2.24, 2.45) is 5.92 Å². The summed E-state index contributed by atoms with van der Waals surface area (Å²) in [6.45, 7) is 1.37. The van der Waals surface area contributed by atoms with Crippen molar-refractivity contribution in [1.82, 2.24) is 15.8 Å². The molecular formula is C18H18N4O3S. The second-order valence-corrected chi connectivity index (χ2v) is 7.09. The van der Waals surface area contributed by atoms with Crippen LogP contribution in [-0.4, -0.2) is 29.9 Å². The third-order valence-electron chi connectivity index (χ3n) is 4.46. The number of fused-ring (bicyclic) bond motifs is 1. The molecule has 1 aliphatic rings. The van der Waals surface area contributed by atoms with Crippen molar-refractivity contribution < 1.29 is 14.0 Å². The standard InChI is InChI=1S/C18H18N4O3S/c23-16(20-21-17(24)15-6-3-11-26-15)12-7-9-22(10-8-12)18-19-13-4-1-2-5-14(13)25-18/h1-6,11-12H,7-10H2,(H,20,23)(H,21,24). The molecule has 26 heavy (non-hydrogen) atoms. The number of aromatic nitrogens is 1. The molecule has 0 unspecified atom stereocenters. The fraction of sp³-hybridized carbons (Fsp3) is 0.278. The number of nitrogens with one attached hydrogen (secondary N) is 2. The number of hydrogen-bond acceptors (Lipinski definition) is 6. The summed E-state index contributed by atoms with van der Waals surface area (Å²) < 4.78 is 5.78. The van der Waals surface area contributed by atoms with E-state index in [9.17, 15) is 9.59 Å². The molecule has 3 heterocycles. The molecule has 2 aromatic heterocycles. The molecule has 1 saturated heterocycles. The molecule has 0 bridgehead atoms. The van der Waals surface area contributed by atoms with Gasteiger partial charge in [-0.05, 0) is 36.4 Å². The Balaban J connectivity index is 1.30. The van der Waals surface area contributed by atoms with Crippen LogP contribution in [0.3, 0.4) is 0 Å². The molecule has 2 N–H and O–H groups in total. The molecule has 134 valence electrons. The van der Waals surface area contributed by atoms with Gasteiger partial charge in [-0.15, -0.1) is 11.3 Å². The van der Waals surface area contributed by atoms with E-state index in [0.29, 0.717) is 36.8 Å². The van der Waals surface area contributed by atoms with Gasteiger partial charge < -0.3 is 9.32 Å². The van der Waals surface area contributed by atoms with Gasteiger partial charge in [-0.3, -0.25) is 20.4 Å². The predicted molar refractivity (Wildman–Crippen MR) is 98.9 cm³/mol. The fourth-order valence-corrected chi connectivity index (χ4v) is 3.64. The molecule has 3 aromatic rings. The van der Waals surface area contributed by atoms with E-state index in [1.807, 2.05) is 34.5 Å². The molecule has 0 radical (unpaired) electrons. The number of carbonyl (C=O) groups is 2. The molecule has 0 atom stereocenters. The zero-order valence-corrected chi connectivity index (χ0v) is 14.8. The molecule has 1 fully saturated rings. The van der Waals surface area contributed by atoms with E-state index in [2.05, 4.69) is 15.8 Å². The van der Waals surface area contributed by atoms with Gasteiger partial charge in [-0.2, -0.15) is 4.98 Å². The highest BCUT2D eigenvalue weighted by atomic mass is 32.1. The summed E-state index contributed by atoms with van der Waals surface area (Å²) in [5, 5.41) is 1.82. The van der Waals surface area contributed by atoms with Crippen LogP contribution in [-0.2, 0) is 4.79 Å². The number of para-hydroxylation sites is 2. The van der Waals surface area contributed by atoms with Gasteiger partial charge in [0.25, 0.3) is 11.9 Å². The quantitative estimate of drug-likeness (QED) is 0.692. The lowest BCUT2D eigenvalue weighted by Gasteiger charge is -2.30. The third kappa shape index (κ3) is 3.41. The molecule has 2 amide bonds. The smallest absolute Gasteiger partial charge is 0.298 e. The molecule has 0 saturated carbocycles. The van der Waals surface area contributed by atoms with Crippen LogP contribution < -0.4 is 15.8 Å². The topological polar surface area (TPSA) is 87.5 Å². The zero-order valence-electron chi connectivity index (χ0n) is 14.0. The minimum atomic E-state index is -0.294. The number of thiophene rings is 1. The van der Waals surface area contributed by atoms with E-state index in [0.717, 1.165) is 11.1 Å². The number of rotatable bonds is 3. The Morgan fingerprint density at radius 2 is 1.92 bits per heavy atom. The first-order valence-electron chi connectivity index (χ1n) is 8.45. The number of piperidine rings is 1. The maximum Gasteiger partial charge on any atom is 0.298 e. The molecule has 8 heteroatoms. The Bertz CT molecular complexity index is 881. The van der Waals surface area contributed by atoms with Crippen molar-refractivity contribution in [3.05, 3.63) is 46.7 Å². The van der Waals surface area contributed by atoms with Gasteiger partial charge in [0.15, 0.2) is 5.58 Å². The van der Waals surface area contributed by atoms with Crippen LogP contribution in [0.1, 0.15) is 22.5 Å². The third-order valence-corrected chi connectivity index (χ3v) is 5.33. The van der Waals surface area contributed by atoms with Crippen LogP contribution >= 0.6 is 11.3 Å². The van der Waals surface area contributed by atoms with Gasteiger partial charge in [0, 0.05) is 19.0 Å². The van der Waals surface area contributed by atoms with E-state index >= 15 is 0 Å². The Morgan fingerprint density at radius 3 is 2.65 bits per heavy atom. The van der Waals surface area contributed by atoms with Crippen LogP contribution in [0.2, 0.25) is 0 Å². The molecule has 7 nitrogen and oxygen atoms in total. The lowest BCUT2D eigenvalue weighted by atomic mass is 9.96. The van der Waals surface area contributed by atoms with Crippen molar-refractivity contribution in [3.63, 3.8) is 0 Å². The van der Waals surface area contributed by atoms with Gasteiger partial charge in [-0.1, -0.05) is 18.2 Å². The van der Waals surface area contributed by atoms with E-state index in [-0.39, 0.29) is 17.7 Å². The van der Waals surface area contributed by atoms with Crippen molar-refractivity contribution in [3.8, 4) is 0 Å². The highest BCUT2D eigenvalue weighted by molar-refractivity contribution is 7.12. The highest BCUT2D eigenvalue weighted by Crippen LogP contribution is 2.26. The van der Waals surface area contributed by atoms with Crippen LogP contribution in [0.25, 0.3) is 11.1 Å². The fourth-order valence-electron chi connectivity index (χ4n) is 3.02. The van der Waals surface area contributed by atoms with Gasteiger partial charge >= 0.3 is 0 Å². The number of benzene rings is 1. The first-order valence-corrected chi connectivity index (χ1v) is 9.33. The van der Waals surface area contributed by atoms with Crippen LogP contribution in [0.15, 0.2) is 46.2 Å². The summed E-state index contributed by atoms with van der Waals surface area (Å²) >= 11 is 1.33. The number of nitrogens with zero attached hydrogens (tertiary/aromatic N) is 2. The first kappa shape index (κ1) is 16.6. The zero-order chi connectivity index (χ0) is 17.9. The SMILES string of the molecule is O=C(NNC(=O)C1CCN(c2nc3ccccc3o2)CC1)c1cccs1. The number of hydrazine groups is 1. The molecular weight excluding hydrogens is 352 g/mol. The van der Waals surface area contributed by atoms with Crippen molar-refractivity contribution in [2.45, 2.75) is 12.8 Å². The summed E-state index contributed by atoms with van der Waals surface area (Å²) in [6.07, 6.45) is 1.36. The van der Waals surface area contributed by atoms with Gasteiger partial charge in [-0.25, -0.2) is 0 Å². The summed E-state index contributed by atoms with van der Waals surface area (Å²) in [5.74, 6) is -0.594. The summed E-state index contributed by atoms with van der Waals surface area (Å²) in [5.41, 5.74) is 6.59. The molecule has 4 rings (SSSR count). The maximum atomic E-state index is 12.3. The largest absolute Gasteiger partial charge is 0.423 e. The van der Waals surface area contributed by atoms with E-state index in [1.165, 1.54) is 11.3 Å². The average molecular weight is 370 g/mol. The van der Waals surface area contributed by atoms with Crippen molar-refractivity contribution >= 4 is 40.3 Å². The summed E-state index contributed by atoms with van der Waals surface area (Å²) in [4.78, 5) is 31.3. The maximum absolute atomic E-state index is 12.3. The van der Waals surface area contributed by atoms with E-state index in [4.69, 9.17) is 4.42 Å². The number of hydrogen-bond donors (Lipinski definition) is 2. The molecule has 1 aliphatic heterocycles. The van der Waals surface area contributed by atoms with E-state index in [1.54, 1.807) is 12.1 Å². The van der Waals surface area contributed by atoms with Crippen molar-refractivity contribution in [1.29, 1.82) is 0 Å². The highest BCUT2D eigenvalue weighted by Gasteiger charge is 2.27. The van der Waals surface area contributed by atoms with E-state index < -0.39 is 0 Å². The average Bonchev–Trinajstić information content (AvgIpc) is 3.35. The van der Waals surface area contributed by atoms with Crippen LogP contribution in [0, 0.1) is 5.92 Å². The van der Waals surface area contributed by atoms with Gasteiger partial charge in [0.2, 0.25) is 5.91 Å². The Labute approximate surface area is 154 Å². The summed E-state index contributed by atoms with van der Waals surface area (Å²) in [6, 6.07) is 11.7.